The van der Waals surface area contributed by atoms with Crippen LogP contribution in [0.3, 0.4) is 0 Å². The number of rotatable bonds is 6. The molecule has 120 valence electrons. The Bertz CT molecular complexity index is 382. The van der Waals surface area contributed by atoms with Gasteiger partial charge in [-0.1, -0.05) is 20.3 Å². The lowest BCUT2D eigenvalue weighted by molar-refractivity contribution is -0.139. The van der Waals surface area contributed by atoms with Gasteiger partial charge < -0.3 is 15.7 Å². The van der Waals surface area contributed by atoms with E-state index in [2.05, 4.69) is 17.6 Å². The number of carboxylic acid groups (broad SMARTS) is 1. The first kappa shape index (κ1) is 16.1. The molecule has 0 aromatic carbocycles. The minimum atomic E-state index is -0.791. The number of carboxylic acids is 1. The Morgan fingerprint density at radius 3 is 2.48 bits per heavy atom. The van der Waals surface area contributed by atoms with Crippen molar-refractivity contribution >= 4 is 12.0 Å². The van der Waals surface area contributed by atoms with Gasteiger partial charge in [-0.15, -0.1) is 0 Å². The van der Waals surface area contributed by atoms with Gasteiger partial charge in [0.25, 0.3) is 0 Å². The van der Waals surface area contributed by atoms with E-state index in [1.807, 2.05) is 11.8 Å². The minimum Gasteiger partial charge on any atom is -0.480 e. The van der Waals surface area contributed by atoms with Crippen LogP contribution in [0.25, 0.3) is 0 Å². The van der Waals surface area contributed by atoms with Crippen molar-refractivity contribution in [1.82, 2.24) is 15.5 Å². The third kappa shape index (κ3) is 4.33. The zero-order chi connectivity index (χ0) is 15.4. The first-order chi connectivity index (χ1) is 9.99. The number of nitrogens with zero attached hydrogens (tertiary/aromatic N) is 1. The van der Waals surface area contributed by atoms with Crippen molar-refractivity contribution in [2.75, 3.05) is 13.1 Å². The Labute approximate surface area is 126 Å². The van der Waals surface area contributed by atoms with E-state index in [4.69, 9.17) is 5.11 Å². The maximum absolute atomic E-state index is 11.9. The number of urea groups is 1. The minimum absolute atomic E-state index is 0.0708. The molecule has 2 atom stereocenters. The molecule has 2 aliphatic carbocycles. The Morgan fingerprint density at radius 2 is 1.95 bits per heavy atom. The molecule has 0 aromatic heterocycles. The Hall–Kier alpha value is -1.30. The van der Waals surface area contributed by atoms with Gasteiger partial charge >= 0.3 is 12.0 Å². The second kappa shape index (κ2) is 7.11. The molecule has 2 fully saturated rings. The number of hydrogen-bond acceptors (Lipinski definition) is 3. The lowest BCUT2D eigenvalue weighted by atomic mass is 9.85. The molecule has 6 heteroatoms. The van der Waals surface area contributed by atoms with E-state index in [1.54, 1.807) is 0 Å². The third-order valence-electron chi connectivity index (χ3n) is 4.89. The maximum Gasteiger partial charge on any atom is 0.317 e. The molecule has 0 radical (unpaired) electrons. The lowest BCUT2D eigenvalue weighted by Crippen LogP contribution is -2.57. The van der Waals surface area contributed by atoms with E-state index in [-0.39, 0.29) is 24.7 Å². The van der Waals surface area contributed by atoms with Gasteiger partial charge in [0.2, 0.25) is 0 Å². The molecule has 2 saturated carbocycles. The molecular weight excluding hydrogens is 270 g/mol. The summed E-state index contributed by atoms with van der Waals surface area (Å²) in [6.07, 6.45) is 5.14. The van der Waals surface area contributed by atoms with E-state index in [0.717, 1.165) is 25.8 Å². The van der Waals surface area contributed by atoms with Crippen LogP contribution in [0.1, 0.15) is 46.0 Å². The average molecular weight is 297 g/mol. The zero-order valence-corrected chi connectivity index (χ0v) is 13.0. The predicted molar refractivity (Wildman–Crippen MR) is 80.2 cm³/mol. The van der Waals surface area contributed by atoms with E-state index < -0.39 is 5.97 Å². The number of amides is 2. The third-order valence-corrected chi connectivity index (χ3v) is 4.89. The van der Waals surface area contributed by atoms with Crippen LogP contribution in [-0.2, 0) is 4.79 Å². The highest BCUT2D eigenvalue weighted by atomic mass is 16.4. The van der Waals surface area contributed by atoms with Crippen molar-refractivity contribution in [3.05, 3.63) is 0 Å². The second-order valence-electron chi connectivity index (χ2n) is 6.41. The molecule has 3 N–H and O–H groups in total. The van der Waals surface area contributed by atoms with Gasteiger partial charge in [0.1, 0.15) is 0 Å². The number of aliphatic carboxylic acids is 1. The molecule has 21 heavy (non-hydrogen) atoms. The average Bonchev–Trinajstić information content (AvgIpc) is 2.76. The second-order valence-corrected chi connectivity index (χ2v) is 6.41. The molecule has 0 aromatic rings. The van der Waals surface area contributed by atoms with Gasteiger partial charge in [0.15, 0.2) is 0 Å². The topological polar surface area (TPSA) is 81.7 Å². The fourth-order valence-corrected chi connectivity index (χ4v) is 3.43. The summed E-state index contributed by atoms with van der Waals surface area (Å²) in [5.41, 5.74) is 0. The zero-order valence-electron chi connectivity index (χ0n) is 13.0. The summed E-state index contributed by atoms with van der Waals surface area (Å²) in [4.78, 5) is 24.7. The van der Waals surface area contributed by atoms with Gasteiger partial charge in [-0.3, -0.25) is 9.69 Å². The van der Waals surface area contributed by atoms with Crippen LogP contribution >= 0.6 is 0 Å². The quantitative estimate of drug-likeness (QED) is 0.692. The van der Waals surface area contributed by atoms with Crippen molar-refractivity contribution in [3.63, 3.8) is 0 Å². The standard InChI is InChI=1S/C15H27N3O3/c1-3-18(9-14(19)20)12-7-11(8-12)16-15(21)17-13-6-4-5-10(13)2/h10-13H,3-9H2,1-2H3,(H,19,20)(H2,16,17,21). The van der Waals surface area contributed by atoms with Crippen LogP contribution in [0.5, 0.6) is 0 Å². The smallest absolute Gasteiger partial charge is 0.317 e. The molecule has 0 spiro atoms. The van der Waals surface area contributed by atoms with Gasteiger partial charge in [-0.05, 0) is 38.1 Å². The van der Waals surface area contributed by atoms with E-state index in [9.17, 15) is 9.59 Å². The first-order valence-electron chi connectivity index (χ1n) is 8.02. The Morgan fingerprint density at radius 1 is 1.24 bits per heavy atom. The fraction of sp³-hybridized carbons (Fsp3) is 0.867. The first-order valence-corrected chi connectivity index (χ1v) is 8.02. The van der Waals surface area contributed by atoms with Crippen LogP contribution in [0.15, 0.2) is 0 Å². The van der Waals surface area contributed by atoms with Crippen LogP contribution in [0.2, 0.25) is 0 Å². The van der Waals surface area contributed by atoms with Crippen molar-refractivity contribution in [2.24, 2.45) is 5.92 Å². The number of carbonyl (C=O) groups is 2. The number of hydrogen-bond donors (Lipinski definition) is 3. The molecule has 2 amide bonds. The molecule has 2 aliphatic rings. The largest absolute Gasteiger partial charge is 0.480 e. The van der Waals surface area contributed by atoms with Gasteiger partial charge in [-0.2, -0.15) is 0 Å². The normalized spacial score (nSPS) is 31.8. The molecule has 2 rings (SSSR count). The van der Waals surface area contributed by atoms with Crippen molar-refractivity contribution < 1.29 is 14.7 Å². The Kier molecular flexibility index (Phi) is 5.45. The number of carbonyl (C=O) groups excluding carboxylic acids is 1. The molecule has 0 aliphatic heterocycles. The lowest BCUT2D eigenvalue weighted by Gasteiger charge is -2.42. The van der Waals surface area contributed by atoms with Crippen LogP contribution < -0.4 is 10.6 Å². The van der Waals surface area contributed by atoms with Crippen molar-refractivity contribution in [3.8, 4) is 0 Å². The summed E-state index contributed by atoms with van der Waals surface area (Å²) in [5.74, 6) is -0.225. The molecule has 0 saturated heterocycles. The number of nitrogens with one attached hydrogen (secondary N) is 2. The van der Waals surface area contributed by atoms with E-state index in [0.29, 0.717) is 12.0 Å². The van der Waals surface area contributed by atoms with Gasteiger partial charge in [0.05, 0.1) is 6.54 Å². The summed E-state index contributed by atoms with van der Waals surface area (Å²) < 4.78 is 0. The highest BCUT2D eigenvalue weighted by Crippen LogP contribution is 2.26. The van der Waals surface area contributed by atoms with Crippen molar-refractivity contribution in [1.29, 1.82) is 0 Å². The van der Waals surface area contributed by atoms with Crippen LogP contribution in [0.4, 0.5) is 4.79 Å². The van der Waals surface area contributed by atoms with E-state index in [1.165, 1.54) is 12.8 Å². The van der Waals surface area contributed by atoms with Crippen LogP contribution in [0, 0.1) is 5.92 Å². The molecule has 2 unspecified atom stereocenters. The SMILES string of the molecule is CCN(CC(=O)O)C1CC(NC(=O)NC2CCCC2C)C1. The van der Waals surface area contributed by atoms with Gasteiger partial charge in [-0.25, -0.2) is 4.79 Å². The fourth-order valence-electron chi connectivity index (χ4n) is 3.43. The summed E-state index contributed by atoms with van der Waals surface area (Å²) in [6.45, 7) is 4.97. The summed E-state index contributed by atoms with van der Waals surface area (Å²) >= 11 is 0. The maximum atomic E-state index is 11.9. The highest BCUT2D eigenvalue weighted by Gasteiger charge is 2.35. The highest BCUT2D eigenvalue weighted by molar-refractivity contribution is 5.74. The Balaban J connectivity index is 1.67. The van der Waals surface area contributed by atoms with Crippen LogP contribution in [-0.4, -0.2) is 53.2 Å². The monoisotopic (exact) mass is 297 g/mol. The van der Waals surface area contributed by atoms with Gasteiger partial charge in [0, 0.05) is 18.1 Å². The number of likely N-dealkylation sites (N-methyl/N-ethyl adjacent to an activating group) is 1. The summed E-state index contributed by atoms with van der Waals surface area (Å²) in [5, 5.41) is 14.9. The summed E-state index contributed by atoms with van der Waals surface area (Å²) in [6, 6.07) is 0.690. The molecule has 6 nitrogen and oxygen atoms in total. The molecular formula is C15H27N3O3. The predicted octanol–water partition coefficient (Wildman–Crippen LogP) is 1.41. The summed E-state index contributed by atoms with van der Waals surface area (Å²) in [7, 11) is 0. The molecule has 0 bridgehead atoms. The van der Waals surface area contributed by atoms with E-state index >= 15 is 0 Å². The molecule has 0 heterocycles. The van der Waals surface area contributed by atoms with Crippen molar-refractivity contribution in [2.45, 2.75) is 64.1 Å².